The van der Waals surface area contributed by atoms with Gasteiger partial charge in [0.25, 0.3) is 0 Å². The van der Waals surface area contributed by atoms with Crippen LogP contribution in [0, 0.1) is 0 Å². The Labute approximate surface area is 125 Å². The van der Waals surface area contributed by atoms with Crippen molar-refractivity contribution in [2.45, 2.75) is 58.9 Å². The van der Waals surface area contributed by atoms with Crippen molar-refractivity contribution >= 4 is 17.0 Å². The van der Waals surface area contributed by atoms with Gasteiger partial charge in [0.05, 0.1) is 17.5 Å². The van der Waals surface area contributed by atoms with Gasteiger partial charge >= 0.3 is 5.97 Å². The monoisotopic (exact) mass is 288 g/mol. The molecule has 4 heteroatoms. The quantitative estimate of drug-likeness (QED) is 0.803. The number of carboxylic acid groups (broad SMARTS) is 1. The molecule has 0 aliphatic carbocycles. The van der Waals surface area contributed by atoms with Gasteiger partial charge in [0, 0.05) is 13.0 Å². The molecule has 1 aromatic heterocycles. The summed E-state index contributed by atoms with van der Waals surface area (Å²) in [6.07, 6.45) is 5.63. The molecule has 1 N–H and O–H groups in total. The van der Waals surface area contributed by atoms with Crippen LogP contribution >= 0.6 is 0 Å². The maximum Gasteiger partial charge on any atom is 0.307 e. The zero-order valence-corrected chi connectivity index (χ0v) is 12.9. The summed E-state index contributed by atoms with van der Waals surface area (Å²) >= 11 is 0. The summed E-state index contributed by atoms with van der Waals surface area (Å²) in [6.45, 7) is 5.37. The van der Waals surface area contributed by atoms with Crippen LogP contribution in [-0.2, 0) is 24.2 Å². The van der Waals surface area contributed by atoms with E-state index in [0.29, 0.717) is 0 Å². The molecule has 0 saturated carbocycles. The van der Waals surface area contributed by atoms with Gasteiger partial charge in [-0.2, -0.15) is 0 Å². The number of fused-ring (bicyclic) bond motifs is 1. The molecule has 0 saturated heterocycles. The molecular weight excluding hydrogens is 264 g/mol. The second-order valence-electron chi connectivity index (χ2n) is 5.53. The van der Waals surface area contributed by atoms with Gasteiger partial charge in [-0.3, -0.25) is 4.79 Å². The smallest absolute Gasteiger partial charge is 0.307 e. The molecule has 2 aromatic rings. The molecule has 0 bridgehead atoms. The first-order chi connectivity index (χ1) is 10.2. The predicted octanol–water partition coefficient (Wildman–Crippen LogP) is 3.81. The van der Waals surface area contributed by atoms with E-state index >= 15 is 0 Å². The fraction of sp³-hybridized carbons (Fsp3) is 0.529. The Morgan fingerprint density at radius 1 is 1.24 bits per heavy atom. The molecule has 0 aliphatic heterocycles. The van der Waals surface area contributed by atoms with Crippen LogP contribution in [0.5, 0.6) is 0 Å². The van der Waals surface area contributed by atoms with Crippen LogP contribution in [0.15, 0.2) is 18.2 Å². The standard InChI is InChI=1S/C17H24N2O2/c1-3-5-7-16-18-14-11-13(12-17(20)21)8-9-15(14)19(16)10-6-4-2/h8-9,11H,3-7,10,12H2,1-2H3,(H,20,21). The van der Waals surface area contributed by atoms with Crippen LogP contribution < -0.4 is 0 Å². The van der Waals surface area contributed by atoms with E-state index in [0.717, 1.165) is 61.1 Å². The van der Waals surface area contributed by atoms with Gasteiger partial charge in [-0.05, 0) is 30.5 Å². The molecule has 0 spiro atoms. The minimum absolute atomic E-state index is 0.0576. The molecule has 0 atom stereocenters. The minimum atomic E-state index is -0.800. The minimum Gasteiger partial charge on any atom is -0.481 e. The number of carboxylic acids is 1. The van der Waals surface area contributed by atoms with Crippen LogP contribution in [0.2, 0.25) is 0 Å². The third-order valence-corrected chi connectivity index (χ3v) is 3.74. The maximum atomic E-state index is 10.8. The van der Waals surface area contributed by atoms with Crippen molar-refractivity contribution in [3.63, 3.8) is 0 Å². The third-order valence-electron chi connectivity index (χ3n) is 3.74. The number of rotatable bonds is 8. The topological polar surface area (TPSA) is 55.1 Å². The Morgan fingerprint density at radius 2 is 2.00 bits per heavy atom. The van der Waals surface area contributed by atoms with Crippen LogP contribution in [0.3, 0.4) is 0 Å². The molecule has 0 amide bonds. The fourth-order valence-electron chi connectivity index (χ4n) is 2.60. The number of aromatic nitrogens is 2. The fourth-order valence-corrected chi connectivity index (χ4v) is 2.60. The average molecular weight is 288 g/mol. The van der Waals surface area contributed by atoms with Gasteiger partial charge in [0.15, 0.2) is 0 Å². The molecule has 4 nitrogen and oxygen atoms in total. The number of imidazole rings is 1. The summed E-state index contributed by atoms with van der Waals surface area (Å²) in [7, 11) is 0. The van der Waals surface area contributed by atoms with Gasteiger partial charge < -0.3 is 9.67 Å². The molecule has 1 heterocycles. The van der Waals surface area contributed by atoms with E-state index in [1.807, 2.05) is 18.2 Å². The number of carbonyl (C=O) groups is 1. The lowest BCUT2D eigenvalue weighted by Gasteiger charge is -2.08. The molecule has 2 rings (SSSR count). The van der Waals surface area contributed by atoms with E-state index in [4.69, 9.17) is 10.1 Å². The normalized spacial score (nSPS) is 11.1. The number of hydrogen-bond acceptors (Lipinski definition) is 2. The number of benzene rings is 1. The van der Waals surface area contributed by atoms with E-state index in [2.05, 4.69) is 18.4 Å². The lowest BCUT2D eigenvalue weighted by Crippen LogP contribution is -2.04. The highest BCUT2D eigenvalue weighted by atomic mass is 16.4. The third kappa shape index (κ3) is 3.84. The van der Waals surface area contributed by atoms with E-state index in [-0.39, 0.29) is 6.42 Å². The van der Waals surface area contributed by atoms with Crippen molar-refractivity contribution in [1.82, 2.24) is 9.55 Å². The van der Waals surface area contributed by atoms with Crippen molar-refractivity contribution in [2.75, 3.05) is 0 Å². The molecule has 0 radical (unpaired) electrons. The van der Waals surface area contributed by atoms with Crippen LogP contribution in [0.1, 0.15) is 50.9 Å². The number of aliphatic carboxylic acids is 1. The Morgan fingerprint density at radius 3 is 2.67 bits per heavy atom. The van der Waals surface area contributed by atoms with Gasteiger partial charge in [-0.1, -0.05) is 32.8 Å². The van der Waals surface area contributed by atoms with Crippen LogP contribution in [0.25, 0.3) is 11.0 Å². The lowest BCUT2D eigenvalue weighted by molar-refractivity contribution is -0.136. The van der Waals surface area contributed by atoms with Crippen LogP contribution in [0.4, 0.5) is 0 Å². The second-order valence-corrected chi connectivity index (χ2v) is 5.53. The molecule has 0 aliphatic rings. The zero-order valence-electron chi connectivity index (χ0n) is 12.9. The summed E-state index contributed by atoms with van der Waals surface area (Å²) in [6, 6.07) is 5.84. The molecule has 114 valence electrons. The van der Waals surface area contributed by atoms with Crippen LogP contribution in [-0.4, -0.2) is 20.6 Å². The Kier molecular flexibility index (Phi) is 5.37. The van der Waals surface area contributed by atoms with Crippen molar-refractivity contribution in [3.8, 4) is 0 Å². The highest BCUT2D eigenvalue weighted by molar-refractivity contribution is 5.79. The van der Waals surface area contributed by atoms with Crippen molar-refractivity contribution in [2.24, 2.45) is 0 Å². The predicted molar refractivity (Wildman–Crippen MR) is 84.6 cm³/mol. The summed E-state index contributed by atoms with van der Waals surface area (Å²) in [4.78, 5) is 15.6. The van der Waals surface area contributed by atoms with Gasteiger partial charge in [-0.15, -0.1) is 0 Å². The first kappa shape index (κ1) is 15.5. The Balaban J connectivity index is 2.37. The van der Waals surface area contributed by atoms with Crippen molar-refractivity contribution in [3.05, 3.63) is 29.6 Å². The second kappa shape index (κ2) is 7.25. The van der Waals surface area contributed by atoms with Gasteiger partial charge in [0.1, 0.15) is 5.82 Å². The first-order valence-corrected chi connectivity index (χ1v) is 7.85. The largest absolute Gasteiger partial charge is 0.481 e. The van der Waals surface area contributed by atoms with Gasteiger partial charge in [-0.25, -0.2) is 4.98 Å². The van der Waals surface area contributed by atoms with E-state index in [9.17, 15) is 4.79 Å². The van der Waals surface area contributed by atoms with Crippen molar-refractivity contribution < 1.29 is 9.90 Å². The molecular formula is C17H24N2O2. The van der Waals surface area contributed by atoms with E-state index in [1.54, 1.807) is 0 Å². The maximum absolute atomic E-state index is 10.8. The Hall–Kier alpha value is -1.84. The number of nitrogens with zero attached hydrogens (tertiary/aromatic N) is 2. The van der Waals surface area contributed by atoms with Crippen molar-refractivity contribution in [1.29, 1.82) is 0 Å². The van der Waals surface area contributed by atoms with Gasteiger partial charge in [0.2, 0.25) is 0 Å². The van der Waals surface area contributed by atoms with E-state index in [1.165, 1.54) is 0 Å². The average Bonchev–Trinajstić information content (AvgIpc) is 2.79. The SMILES string of the molecule is CCCCc1nc2cc(CC(=O)O)ccc2n1CCCC. The summed E-state index contributed by atoms with van der Waals surface area (Å²) in [5.74, 6) is 0.332. The molecule has 21 heavy (non-hydrogen) atoms. The number of hydrogen-bond donors (Lipinski definition) is 1. The number of unbranched alkanes of at least 4 members (excludes halogenated alkanes) is 2. The summed E-state index contributed by atoms with van der Waals surface area (Å²) in [5.41, 5.74) is 2.87. The number of aryl methyl sites for hydroxylation is 2. The Bertz CT molecular complexity index is 617. The lowest BCUT2D eigenvalue weighted by atomic mass is 10.1. The first-order valence-electron chi connectivity index (χ1n) is 7.85. The highest BCUT2D eigenvalue weighted by Crippen LogP contribution is 2.20. The zero-order chi connectivity index (χ0) is 15.2. The summed E-state index contributed by atoms with van der Waals surface area (Å²) in [5, 5.41) is 8.91. The summed E-state index contributed by atoms with van der Waals surface area (Å²) < 4.78 is 2.30. The molecule has 1 aromatic carbocycles. The highest BCUT2D eigenvalue weighted by Gasteiger charge is 2.11. The molecule has 0 fully saturated rings. The van der Waals surface area contributed by atoms with E-state index < -0.39 is 5.97 Å². The molecule has 0 unspecified atom stereocenters.